The van der Waals surface area contributed by atoms with E-state index in [1.165, 1.54) is 5.56 Å². The van der Waals surface area contributed by atoms with Crippen molar-refractivity contribution < 1.29 is 4.74 Å². The van der Waals surface area contributed by atoms with E-state index in [9.17, 15) is 0 Å². The van der Waals surface area contributed by atoms with Crippen molar-refractivity contribution in [1.82, 2.24) is 0 Å². The molecule has 0 heterocycles. The molecule has 2 nitrogen and oxygen atoms in total. The molecular weight excluding hydrogens is 246 g/mol. The first-order valence-corrected chi connectivity index (χ1v) is 6.32. The van der Waals surface area contributed by atoms with Gasteiger partial charge in [-0.15, -0.1) is 0 Å². The molecule has 0 saturated heterocycles. The van der Waals surface area contributed by atoms with E-state index in [1.807, 2.05) is 42.5 Å². The first-order chi connectivity index (χ1) is 8.69. The quantitative estimate of drug-likeness (QED) is 0.843. The summed E-state index contributed by atoms with van der Waals surface area (Å²) in [7, 11) is 0. The van der Waals surface area contributed by atoms with Crippen LogP contribution in [-0.2, 0) is 13.0 Å². The monoisotopic (exact) mass is 261 g/mol. The Hall–Kier alpha value is -1.67. The van der Waals surface area contributed by atoms with Crippen LogP contribution in [0.3, 0.4) is 0 Å². The van der Waals surface area contributed by atoms with E-state index in [1.54, 1.807) is 0 Å². The zero-order chi connectivity index (χ0) is 13.0. The van der Waals surface area contributed by atoms with Crippen LogP contribution in [0.2, 0.25) is 5.02 Å². The molecule has 0 spiro atoms. The molecule has 0 aliphatic rings. The van der Waals surface area contributed by atoms with Gasteiger partial charge < -0.3 is 10.5 Å². The lowest BCUT2D eigenvalue weighted by atomic mass is 10.1. The highest BCUT2D eigenvalue weighted by molar-refractivity contribution is 6.30. The summed E-state index contributed by atoms with van der Waals surface area (Å²) < 4.78 is 5.69. The summed E-state index contributed by atoms with van der Waals surface area (Å²) in [4.78, 5) is 0. The Morgan fingerprint density at radius 3 is 2.33 bits per heavy atom. The first kappa shape index (κ1) is 12.8. The van der Waals surface area contributed by atoms with Crippen LogP contribution in [0.1, 0.15) is 18.1 Å². The highest BCUT2D eigenvalue weighted by Gasteiger charge is 2.02. The molecule has 0 aliphatic heterocycles. The maximum atomic E-state index is 5.94. The second kappa shape index (κ2) is 5.78. The second-order valence-electron chi connectivity index (χ2n) is 4.14. The molecule has 0 bridgehead atoms. The summed E-state index contributed by atoms with van der Waals surface area (Å²) in [5.41, 5.74) is 8.90. The molecule has 0 radical (unpaired) electrons. The maximum Gasteiger partial charge on any atom is 0.142 e. The van der Waals surface area contributed by atoms with Gasteiger partial charge in [-0.2, -0.15) is 0 Å². The van der Waals surface area contributed by atoms with E-state index in [0.29, 0.717) is 12.3 Å². The van der Waals surface area contributed by atoms with E-state index in [4.69, 9.17) is 22.1 Å². The minimum Gasteiger partial charge on any atom is -0.487 e. The number of anilines is 1. The topological polar surface area (TPSA) is 35.2 Å². The maximum absolute atomic E-state index is 5.94. The Morgan fingerprint density at radius 2 is 1.72 bits per heavy atom. The highest BCUT2D eigenvalue weighted by Crippen LogP contribution is 2.24. The smallest absolute Gasteiger partial charge is 0.142 e. The summed E-state index contributed by atoms with van der Waals surface area (Å²) in [6.45, 7) is 2.59. The summed E-state index contributed by atoms with van der Waals surface area (Å²) in [6, 6.07) is 13.5. The summed E-state index contributed by atoms with van der Waals surface area (Å²) in [6.07, 6.45) is 0.974. The number of aryl methyl sites for hydroxylation is 1. The summed E-state index contributed by atoms with van der Waals surface area (Å²) in [5.74, 6) is 0.724. The third-order valence-corrected chi connectivity index (χ3v) is 3.04. The Balaban J connectivity index is 2.04. The molecule has 0 fully saturated rings. The molecule has 0 amide bonds. The molecule has 2 N–H and O–H groups in total. The fourth-order valence-corrected chi connectivity index (χ4v) is 1.82. The van der Waals surface area contributed by atoms with E-state index in [-0.39, 0.29) is 0 Å². The minimum atomic E-state index is 0.493. The number of hydrogen-bond donors (Lipinski definition) is 1. The van der Waals surface area contributed by atoms with E-state index in [0.717, 1.165) is 22.8 Å². The molecule has 3 heteroatoms. The van der Waals surface area contributed by atoms with Gasteiger partial charge in [0.05, 0.1) is 5.69 Å². The van der Waals surface area contributed by atoms with Gasteiger partial charge in [0, 0.05) is 5.02 Å². The number of hydrogen-bond acceptors (Lipinski definition) is 2. The molecule has 0 aliphatic carbocycles. The lowest BCUT2D eigenvalue weighted by molar-refractivity contribution is 0.308. The summed E-state index contributed by atoms with van der Waals surface area (Å²) in [5, 5.41) is 0.727. The molecule has 2 aromatic carbocycles. The lowest BCUT2D eigenvalue weighted by Gasteiger charge is -2.10. The van der Waals surface area contributed by atoms with Crippen molar-refractivity contribution in [2.45, 2.75) is 20.0 Å². The molecule has 94 valence electrons. The lowest BCUT2D eigenvalue weighted by Crippen LogP contribution is -1.99. The van der Waals surface area contributed by atoms with Gasteiger partial charge >= 0.3 is 0 Å². The van der Waals surface area contributed by atoms with Crippen LogP contribution in [0.15, 0.2) is 42.5 Å². The Labute approximate surface area is 112 Å². The molecular formula is C15H16ClNO. The first-order valence-electron chi connectivity index (χ1n) is 5.94. The Bertz CT molecular complexity index is 523. The van der Waals surface area contributed by atoms with E-state index in [2.05, 4.69) is 6.92 Å². The largest absolute Gasteiger partial charge is 0.487 e. The van der Waals surface area contributed by atoms with Gasteiger partial charge in [0.25, 0.3) is 0 Å². The fraction of sp³-hybridized carbons (Fsp3) is 0.200. The van der Waals surface area contributed by atoms with Crippen LogP contribution in [0.25, 0.3) is 0 Å². The van der Waals surface area contributed by atoms with Gasteiger partial charge in [0.2, 0.25) is 0 Å². The van der Waals surface area contributed by atoms with Crippen molar-refractivity contribution in [3.8, 4) is 5.75 Å². The minimum absolute atomic E-state index is 0.493. The highest BCUT2D eigenvalue weighted by atomic mass is 35.5. The SMILES string of the molecule is CCc1ccc(OCc2ccc(Cl)cc2)c(N)c1. The molecule has 0 atom stereocenters. The predicted octanol–water partition coefficient (Wildman–Crippen LogP) is 4.06. The number of benzene rings is 2. The second-order valence-corrected chi connectivity index (χ2v) is 4.58. The van der Waals surface area contributed by atoms with Gasteiger partial charge in [0.15, 0.2) is 0 Å². The fourth-order valence-electron chi connectivity index (χ4n) is 1.69. The van der Waals surface area contributed by atoms with Gasteiger partial charge in [-0.3, -0.25) is 0 Å². The van der Waals surface area contributed by atoms with Crippen molar-refractivity contribution in [2.75, 3.05) is 5.73 Å². The molecule has 2 rings (SSSR count). The number of halogens is 1. The normalized spacial score (nSPS) is 10.3. The number of nitrogens with two attached hydrogens (primary N) is 1. The average Bonchev–Trinajstić information content (AvgIpc) is 2.39. The van der Waals surface area contributed by atoms with Crippen LogP contribution in [-0.4, -0.2) is 0 Å². The van der Waals surface area contributed by atoms with Gasteiger partial charge in [-0.1, -0.05) is 36.7 Å². The van der Waals surface area contributed by atoms with Crippen molar-refractivity contribution in [1.29, 1.82) is 0 Å². The van der Waals surface area contributed by atoms with E-state index >= 15 is 0 Å². The van der Waals surface area contributed by atoms with Crippen LogP contribution in [0, 0.1) is 0 Å². The zero-order valence-electron chi connectivity index (χ0n) is 10.3. The third-order valence-electron chi connectivity index (χ3n) is 2.79. The van der Waals surface area contributed by atoms with Crippen LogP contribution < -0.4 is 10.5 Å². The summed E-state index contributed by atoms with van der Waals surface area (Å²) >= 11 is 5.83. The van der Waals surface area contributed by atoms with Crippen LogP contribution in [0.4, 0.5) is 5.69 Å². The van der Waals surface area contributed by atoms with Gasteiger partial charge in [-0.25, -0.2) is 0 Å². The number of nitrogen functional groups attached to an aromatic ring is 1. The molecule has 0 unspecified atom stereocenters. The zero-order valence-corrected chi connectivity index (χ0v) is 11.1. The average molecular weight is 262 g/mol. The van der Waals surface area contributed by atoms with Crippen molar-refractivity contribution in [3.05, 3.63) is 58.6 Å². The van der Waals surface area contributed by atoms with Crippen molar-refractivity contribution in [2.24, 2.45) is 0 Å². The Morgan fingerprint density at radius 1 is 1.06 bits per heavy atom. The molecule has 18 heavy (non-hydrogen) atoms. The number of rotatable bonds is 4. The molecule has 0 saturated carbocycles. The molecule has 2 aromatic rings. The van der Waals surface area contributed by atoms with Crippen LogP contribution >= 0.6 is 11.6 Å². The van der Waals surface area contributed by atoms with E-state index < -0.39 is 0 Å². The Kier molecular flexibility index (Phi) is 4.11. The van der Waals surface area contributed by atoms with Gasteiger partial charge in [-0.05, 0) is 41.8 Å². The van der Waals surface area contributed by atoms with Crippen molar-refractivity contribution in [3.63, 3.8) is 0 Å². The van der Waals surface area contributed by atoms with Crippen molar-refractivity contribution >= 4 is 17.3 Å². The predicted molar refractivity (Wildman–Crippen MR) is 76.0 cm³/mol. The number of ether oxygens (including phenoxy) is 1. The van der Waals surface area contributed by atoms with Crippen LogP contribution in [0.5, 0.6) is 5.75 Å². The molecule has 0 aromatic heterocycles. The van der Waals surface area contributed by atoms with Gasteiger partial charge in [0.1, 0.15) is 12.4 Å². The standard InChI is InChI=1S/C15H16ClNO/c1-2-11-5-8-15(14(17)9-11)18-10-12-3-6-13(16)7-4-12/h3-9H,2,10,17H2,1H3. The third kappa shape index (κ3) is 3.17.